The first-order chi connectivity index (χ1) is 9.26. The lowest BCUT2D eigenvalue weighted by Gasteiger charge is -2.17. The molecule has 0 aromatic carbocycles. The van der Waals surface area contributed by atoms with Crippen molar-refractivity contribution in [2.45, 2.75) is 39.7 Å². The fraction of sp³-hybridized carbons (Fsp3) is 0.500. The molecule has 0 bridgehead atoms. The molecule has 5 heteroatoms. The highest BCUT2D eigenvalue weighted by Crippen LogP contribution is 2.27. The average molecular weight is 276 g/mol. The topological polar surface area (TPSA) is 50.7 Å². The molecule has 0 spiro atoms. The van der Waals surface area contributed by atoms with Gasteiger partial charge in [-0.1, -0.05) is 24.4 Å². The van der Waals surface area contributed by atoms with Crippen molar-refractivity contribution in [1.29, 1.82) is 0 Å². The van der Waals surface area contributed by atoms with Crippen LogP contribution in [-0.4, -0.2) is 21.1 Å². The summed E-state index contributed by atoms with van der Waals surface area (Å²) in [6.45, 7) is 7.26. The number of hydrogen-bond acceptors (Lipinski definition) is 5. The molecule has 0 aliphatic carbocycles. The van der Waals surface area contributed by atoms with Gasteiger partial charge in [-0.2, -0.15) is 0 Å². The molecule has 2 aromatic heterocycles. The predicted molar refractivity (Wildman–Crippen MR) is 78.4 cm³/mol. The first-order valence-electron chi connectivity index (χ1n) is 6.73. The summed E-state index contributed by atoms with van der Waals surface area (Å²) in [4.78, 5) is 5.61. The average Bonchev–Trinajstić information content (AvgIpc) is 2.89. The summed E-state index contributed by atoms with van der Waals surface area (Å²) in [5.74, 6) is 0. The van der Waals surface area contributed by atoms with Crippen LogP contribution in [-0.2, 0) is 6.42 Å². The summed E-state index contributed by atoms with van der Waals surface area (Å²) in [6, 6.07) is 4.34. The smallest absolute Gasteiger partial charge is 0.0804 e. The van der Waals surface area contributed by atoms with Crippen molar-refractivity contribution in [3.05, 3.63) is 40.2 Å². The predicted octanol–water partition coefficient (Wildman–Crippen LogP) is 2.89. The minimum absolute atomic E-state index is 0.156. The lowest BCUT2D eigenvalue weighted by atomic mass is 10.0. The van der Waals surface area contributed by atoms with E-state index in [-0.39, 0.29) is 6.04 Å². The normalized spacial score (nSPS) is 12.6. The van der Waals surface area contributed by atoms with Crippen molar-refractivity contribution in [1.82, 2.24) is 19.9 Å². The molecule has 0 saturated heterocycles. The molecule has 1 unspecified atom stereocenters. The monoisotopic (exact) mass is 276 g/mol. The highest BCUT2D eigenvalue weighted by atomic mass is 32.1. The van der Waals surface area contributed by atoms with Gasteiger partial charge in [-0.3, -0.25) is 4.98 Å². The van der Waals surface area contributed by atoms with E-state index in [2.05, 4.69) is 45.9 Å². The van der Waals surface area contributed by atoms with Gasteiger partial charge in [0, 0.05) is 11.9 Å². The lowest BCUT2D eigenvalue weighted by Crippen LogP contribution is -2.23. The zero-order valence-corrected chi connectivity index (χ0v) is 12.5. The number of aromatic nitrogens is 3. The van der Waals surface area contributed by atoms with Gasteiger partial charge in [-0.05, 0) is 49.5 Å². The summed E-state index contributed by atoms with van der Waals surface area (Å²) in [5, 5.41) is 7.79. The zero-order valence-electron chi connectivity index (χ0n) is 11.7. The van der Waals surface area contributed by atoms with Gasteiger partial charge in [-0.15, -0.1) is 5.10 Å². The Bertz CT molecular complexity index is 506. The van der Waals surface area contributed by atoms with E-state index in [9.17, 15) is 0 Å². The number of hydrogen-bond donors (Lipinski definition) is 1. The van der Waals surface area contributed by atoms with Crippen molar-refractivity contribution >= 4 is 11.5 Å². The van der Waals surface area contributed by atoms with E-state index >= 15 is 0 Å². The summed E-state index contributed by atoms with van der Waals surface area (Å²) in [5.41, 5.74) is 3.30. The van der Waals surface area contributed by atoms with E-state index in [1.165, 1.54) is 22.0 Å². The second-order valence-electron chi connectivity index (χ2n) is 4.56. The van der Waals surface area contributed by atoms with Gasteiger partial charge in [-0.25, -0.2) is 0 Å². The Morgan fingerprint density at radius 3 is 2.79 bits per heavy atom. The van der Waals surface area contributed by atoms with Gasteiger partial charge in [0.2, 0.25) is 0 Å². The Balaban J connectivity index is 2.32. The molecule has 1 atom stereocenters. The zero-order chi connectivity index (χ0) is 13.7. The third kappa shape index (κ3) is 3.36. The van der Waals surface area contributed by atoms with Gasteiger partial charge in [0.25, 0.3) is 0 Å². The van der Waals surface area contributed by atoms with Crippen LogP contribution in [0.25, 0.3) is 0 Å². The minimum atomic E-state index is 0.156. The molecule has 0 fully saturated rings. The molecule has 19 heavy (non-hydrogen) atoms. The highest BCUT2D eigenvalue weighted by Gasteiger charge is 2.20. The van der Waals surface area contributed by atoms with E-state index in [1.54, 1.807) is 0 Å². The van der Waals surface area contributed by atoms with Crippen LogP contribution < -0.4 is 5.32 Å². The van der Waals surface area contributed by atoms with Crippen LogP contribution in [0.2, 0.25) is 0 Å². The van der Waals surface area contributed by atoms with E-state index in [0.717, 1.165) is 30.8 Å². The number of rotatable bonds is 6. The standard InChI is InChI=1S/C14H20N4S/c1-4-8-15-13(11-7-6-10(3)16-9-11)14-12(5-2)17-18-19-14/h6-7,9,13,15H,4-5,8H2,1-3H3. The van der Waals surface area contributed by atoms with Crippen molar-refractivity contribution in [2.24, 2.45) is 0 Å². The van der Waals surface area contributed by atoms with E-state index in [0.29, 0.717) is 0 Å². The summed E-state index contributed by atoms with van der Waals surface area (Å²) in [6.07, 6.45) is 3.96. The summed E-state index contributed by atoms with van der Waals surface area (Å²) >= 11 is 1.48. The SMILES string of the molecule is CCCNC(c1ccc(C)nc1)c1snnc1CC. The van der Waals surface area contributed by atoms with Crippen LogP contribution in [0.5, 0.6) is 0 Å². The molecular weight excluding hydrogens is 256 g/mol. The van der Waals surface area contributed by atoms with Gasteiger partial charge in [0.15, 0.2) is 0 Å². The van der Waals surface area contributed by atoms with Gasteiger partial charge in [0.05, 0.1) is 16.6 Å². The molecule has 0 aliphatic rings. The van der Waals surface area contributed by atoms with Crippen molar-refractivity contribution in [3.8, 4) is 0 Å². The Kier molecular flexibility index (Phi) is 4.99. The van der Waals surface area contributed by atoms with Crippen LogP contribution in [0.4, 0.5) is 0 Å². The van der Waals surface area contributed by atoms with E-state index < -0.39 is 0 Å². The quantitative estimate of drug-likeness (QED) is 0.881. The molecule has 2 heterocycles. The maximum atomic E-state index is 4.40. The van der Waals surface area contributed by atoms with Crippen molar-refractivity contribution < 1.29 is 0 Å². The second kappa shape index (κ2) is 6.73. The molecule has 2 aromatic rings. The molecule has 4 nitrogen and oxygen atoms in total. The van der Waals surface area contributed by atoms with Crippen LogP contribution in [0.15, 0.2) is 18.3 Å². The molecule has 0 amide bonds. The summed E-state index contributed by atoms with van der Waals surface area (Å²) in [7, 11) is 0. The molecule has 0 aliphatic heterocycles. The van der Waals surface area contributed by atoms with Crippen LogP contribution in [0.3, 0.4) is 0 Å². The van der Waals surface area contributed by atoms with Crippen LogP contribution >= 0.6 is 11.5 Å². The summed E-state index contributed by atoms with van der Waals surface area (Å²) < 4.78 is 4.10. The molecule has 1 N–H and O–H groups in total. The molecular formula is C14H20N4S. The maximum Gasteiger partial charge on any atom is 0.0804 e. The largest absolute Gasteiger partial charge is 0.305 e. The maximum absolute atomic E-state index is 4.40. The fourth-order valence-corrected chi connectivity index (χ4v) is 2.82. The Morgan fingerprint density at radius 2 is 2.16 bits per heavy atom. The Hall–Kier alpha value is -1.33. The molecule has 2 rings (SSSR count). The molecule has 0 radical (unpaired) electrons. The third-order valence-electron chi connectivity index (χ3n) is 3.05. The van der Waals surface area contributed by atoms with Crippen molar-refractivity contribution in [2.75, 3.05) is 6.54 Å². The van der Waals surface area contributed by atoms with Crippen molar-refractivity contribution in [3.63, 3.8) is 0 Å². The van der Waals surface area contributed by atoms with E-state index in [4.69, 9.17) is 0 Å². The van der Waals surface area contributed by atoms with E-state index in [1.807, 2.05) is 13.1 Å². The fourth-order valence-electron chi connectivity index (χ4n) is 1.98. The Labute approximate surface area is 118 Å². The lowest BCUT2D eigenvalue weighted by molar-refractivity contribution is 0.599. The first kappa shape index (κ1) is 14.1. The highest BCUT2D eigenvalue weighted by molar-refractivity contribution is 7.05. The van der Waals surface area contributed by atoms with Gasteiger partial charge in [0.1, 0.15) is 0 Å². The Morgan fingerprint density at radius 1 is 1.32 bits per heavy atom. The van der Waals surface area contributed by atoms with Gasteiger partial charge >= 0.3 is 0 Å². The number of nitrogens with zero attached hydrogens (tertiary/aromatic N) is 3. The number of pyridine rings is 1. The molecule has 102 valence electrons. The number of nitrogens with one attached hydrogen (secondary N) is 1. The van der Waals surface area contributed by atoms with Gasteiger partial charge < -0.3 is 5.32 Å². The molecule has 0 saturated carbocycles. The first-order valence-corrected chi connectivity index (χ1v) is 7.50. The number of aryl methyl sites for hydroxylation is 2. The van der Waals surface area contributed by atoms with Crippen LogP contribution in [0, 0.1) is 6.92 Å². The second-order valence-corrected chi connectivity index (χ2v) is 5.34. The third-order valence-corrected chi connectivity index (χ3v) is 3.88. The minimum Gasteiger partial charge on any atom is -0.305 e. The van der Waals surface area contributed by atoms with Crippen LogP contribution in [0.1, 0.15) is 48.1 Å².